The highest BCUT2D eigenvalue weighted by Crippen LogP contribution is 2.30. The Morgan fingerprint density at radius 1 is 1.00 bits per heavy atom. The Balaban J connectivity index is 1.68. The molecule has 0 saturated heterocycles. The summed E-state index contributed by atoms with van der Waals surface area (Å²) in [6.45, 7) is 3.57. The zero-order chi connectivity index (χ0) is 29.8. The number of nitrogens with zero attached hydrogens (tertiary/aromatic N) is 2. The number of hydrogen-bond acceptors (Lipinski definition) is 7. The molecule has 0 aromatic heterocycles. The van der Waals surface area contributed by atoms with Gasteiger partial charge in [-0.2, -0.15) is 4.31 Å². The Hall–Kier alpha value is -3.45. The highest BCUT2D eigenvalue weighted by molar-refractivity contribution is 7.92. The number of aliphatic hydroxyl groups is 1. The summed E-state index contributed by atoms with van der Waals surface area (Å²) >= 11 is 0. The number of anilines is 1. The molecule has 1 aliphatic heterocycles. The van der Waals surface area contributed by atoms with Crippen molar-refractivity contribution in [3.05, 3.63) is 84.4 Å². The highest BCUT2D eigenvalue weighted by atomic mass is 32.2. The molecule has 0 saturated carbocycles. The molecule has 1 heterocycles. The average Bonchev–Trinajstić information content (AvgIpc) is 3.00. The van der Waals surface area contributed by atoms with E-state index in [0.717, 1.165) is 0 Å². The molecule has 3 atom stereocenters. The van der Waals surface area contributed by atoms with E-state index in [0.29, 0.717) is 11.3 Å². The lowest BCUT2D eigenvalue weighted by molar-refractivity contribution is -0.134. The van der Waals surface area contributed by atoms with E-state index in [1.54, 1.807) is 66.4 Å². The van der Waals surface area contributed by atoms with Crippen LogP contribution >= 0.6 is 0 Å². The molecule has 0 aliphatic carbocycles. The number of amides is 1. The SMILES string of the molecule is C[C@H](CO)N1C[C@H](C)[C@@H](CN(C)S(=O)(=O)c2ccccc2)Oc2ccc(NS(=O)(=O)c3ccccc3)cc2CC1=O. The average molecular weight is 602 g/mol. The van der Waals surface area contributed by atoms with Gasteiger partial charge in [-0.05, 0) is 49.4 Å². The number of fused-ring (bicyclic) bond motifs is 1. The van der Waals surface area contributed by atoms with Gasteiger partial charge in [0.05, 0.1) is 35.4 Å². The van der Waals surface area contributed by atoms with E-state index < -0.39 is 32.2 Å². The molecule has 12 heteroatoms. The quantitative estimate of drug-likeness (QED) is 0.385. The number of likely N-dealkylation sites (N-methyl/N-ethyl adjacent to an activating group) is 1. The molecule has 0 bridgehead atoms. The molecule has 41 heavy (non-hydrogen) atoms. The van der Waals surface area contributed by atoms with Gasteiger partial charge in [-0.25, -0.2) is 16.8 Å². The van der Waals surface area contributed by atoms with E-state index in [2.05, 4.69) is 4.72 Å². The van der Waals surface area contributed by atoms with Crippen molar-refractivity contribution in [1.82, 2.24) is 9.21 Å². The number of benzene rings is 3. The third-order valence-corrected chi connectivity index (χ3v) is 10.3. The second kappa shape index (κ2) is 12.6. The Labute approximate surface area is 241 Å². The number of carbonyl (C=O) groups excluding carboxylic acids is 1. The number of rotatable bonds is 9. The molecule has 2 N–H and O–H groups in total. The first-order valence-electron chi connectivity index (χ1n) is 13.2. The van der Waals surface area contributed by atoms with E-state index in [-0.39, 0.29) is 53.4 Å². The fraction of sp³-hybridized carbons (Fsp3) is 0.345. The van der Waals surface area contributed by atoms with Crippen LogP contribution in [0.5, 0.6) is 5.75 Å². The minimum absolute atomic E-state index is 0.00421. The number of sulfonamides is 2. The fourth-order valence-electron chi connectivity index (χ4n) is 4.65. The molecule has 220 valence electrons. The second-order valence-electron chi connectivity index (χ2n) is 10.2. The minimum Gasteiger partial charge on any atom is -0.488 e. The van der Waals surface area contributed by atoms with Crippen molar-refractivity contribution in [2.75, 3.05) is 31.5 Å². The van der Waals surface area contributed by atoms with Gasteiger partial charge in [-0.15, -0.1) is 0 Å². The molecule has 1 amide bonds. The van der Waals surface area contributed by atoms with Crippen LogP contribution < -0.4 is 9.46 Å². The van der Waals surface area contributed by atoms with Crippen molar-refractivity contribution in [1.29, 1.82) is 0 Å². The van der Waals surface area contributed by atoms with E-state index in [1.807, 2.05) is 6.92 Å². The van der Waals surface area contributed by atoms with Crippen LogP contribution in [0.4, 0.5) is 5.69 Å². The Morgan fingerprint density at radius 2 is 1.61 bits per heavy atom. The molecular formula is C29H35N3O7S2. The summed E-state index contributed by atoms with van der Waals surface area (Å²) in [6, 6.07) is 20.2. The molecule has 0 radical (unpaired) electrons. The molecule has 0 unspecified atom stereocenters. The molecule has 1 aliphatic rings. The van der Waals surface area contributed by atoms with Gasteiger partial charge in [0.25, 0.3) is 10.0 Å². The monoisotopic (exact) mass is 601 g/mol. The maximum Gasteiger partial charge on any atom is 0.261 e. The first-order chi connectivity index (χ1) is 19.4. The van der Waals surface area contributed by atoms with E-state index >= 15 is 0 Å². The number of nitrogens with one attached hydrogen (secondary N) is 1. The number of aliphatic hydroxyl groups excluding tert-OH is 1. The first-order valence-corrected chi connectivity index (χ1v) is 16.1. The maximum absolute atomic E-state index is 13.4. The lowest BCUT2D eigenvalue weighted by Gasteiger charge is -2.33. The Bertz CT molecular complexity index is 1570. The van der Waals surface area contributed by atoms with E-state index in [4.69, 9.17) is 4.74 Å². The van der Waals surface area contributed by atoms with Crippen LogP contribution in [0.1, 0.15) is 19.4 Å². The van der Waals surface area contributed by atoms with Crippen molar-refractivity contribution in [3.8, 4) is 5.75 Å². The van der Waals surface area contributed by atoms with Crippen LogP contribution in [-0.2, 0) is 31.3 Å². The standard InChI is InChI=1S/C29H35N3O7S2/c1-21-18-32(22(2)20-33)29(34)17-23-16-24(30-40(35,36)25-10-6-4-7-11-25)14-15-27(23)39-28(21)19-31(3)41(37,38)26-12-8-5-9-13-26/h4-16,21-22,28,30,33H,17-20H2,1-3H3/t21-,22+,28+/m0/s1. The molecular weight excluding hydrogens is 566 g/mol. The third-order valence-electron chi connectivity index (χ3n) is 7.11. The van der Waals surface area contributed by atoms with E-state index in [1.165, 1.54) is 35.6 Å². The predicted octanol–water partition coefficient (Wildman–Crippen LogP) is 2.96. The lowest BCUT2D eigenvalue weighted by atomic mass is 10.0. The lowest BCUT2D eigenvalue weighted by Crippen LogP contribution is -2.48. The normalized spacial score (nSPS) is 19.0. The summed E-state index contributed by atoms with van der Waals surface area (Å²) < 4.78 is 62.5. The van der Waals surface area contributed by atoms with Gasteiger partial charge >= 0.3 is 0 Å². The molecule has 3 aromatic rings. The van der Waals surface area contributed by atoms with Gasteiger partial charge in [0, 0.05) is 30.8 Å². The van der Waals surface area contributed by atoms with Crippen LogP contribution in [0.3, 0.4) is 0 Å². The molecule has 10 nitrogen and oxygen atoms in total. The minimum atomic E-state index is -3.88. The van der Waals surface area contributed by atoms with Gasteiger partial charge in [0.1, 0.15) is 11.9 Å². The van der Waals surface area contributed by atoms with Crippen molar-refractivity contribution < 1.29 is 31.5 Å². The molecule has 4 rings (SSSR count). The molecule has 3 aromatic carbocycles. The van der Waals surface area contributed by atoms with Crippen LogP contribution in [-0.4, -0.2) is 75.9 Å². The van der Waals surface area contributed by atoms with Gasteiger partial charge in [0.2, 0.25) is 15.9 Å². The largest absolute Gasteiger partial charge is 0.488 e. The van der Waals surface area contributed by atoms with Crippen LogP contribution in [0.25, 0.3) is 0 Å². The van der Waals surface area contributed by atoms with Gasteiger partial charge in [-0.3, -0.25) is 9.52 Å². The third kappa shape index (κ3) is 7.07. The predicted molar refractivity (Wildman–Crippen MR) is 155 cm³/mol. The van der Waals surface area contributed by atoms with Gasteiger partial charge < -0.3 is 14.7 Å². The van der Waals surface area contributed by atoms with Crippen LogP contribution in [0.15, 0.2) is 88.7 Å². The Kier molecular flexibility index (Phi) is 9.37. The maximum atomic E-state index is 13.4. The number of ether oxygens (including phenoxy) is 1. The van der Waals surface area contributed by atoms with Crippen molar-refractivity contribution in [2.45, 2.75) is 42.2 Å². The van der Waals surface area contributed by atoms with Crippen molar-refractivity contribution in [3.63, 3.8) is 0 Å². The van der Waals surface area contributed by atoms with Gasteiger partial charge in [-0.1, -0.05) is 43.3 Å². The summed E-state index contributed by atoms with van der Waals surface area (Å²) in [7, 11) is -6.21. The smallest absolute Gasteiger partial charge is 0.261 e. The van der Waals surface area contributed by atoms with Crippen molar-refractivity contribution in [2.24, 2.45) is 5.92 Å². The summed E-state index contributed by atoms with van der Waals surface area (Å²) in [6.07, 6.45) is -0.763. The highest BCUT2D eigenvalue weighted by Gasteiger charge is 2.33. The number of hydrogen-bond donors (Lipinski definition) is 2. The fourth-order valence-corrected chi connectivity index (χ4v) is 6.92. The van der Waals surface area contributed by atoms with Crippen LogP contribution in [0, 0.1) is 5.92 Å². The van der Waals surface area contributed by atoms with Crippen molar-refractivity contribution >= 4 is 31.6 Å². The number of carbonyl (C=O) groups is 1. The topological polar surface area (TPSA) is 133 Å². The summed E-state index contributed by atoms with van der Waals surface area (Å²) in [5.74, 6) is -0.234. The molecule has 0 fully saturated rings. The van der Waals surface area contributed by atoms with E-state index in [9.17, 15) is 26.7 Å². The zero-order valence-corrected chi connectivity index (χ0v) is 24.8. The first kappa shape index (κ1) is 30.5. The summed E-state index contributed by atoms with van der Waals surface area (Å²) in [5.41, 5.74) is 0.685. The zero-order valence-electron chi connectivity index (χ0n) is 23.2. The second-order valence-corrected chi connectivity index (χ2v) is 14.0. The van der Waals surface area contributed by atoms with Crippen LogP contribution in [0.2, 0.25) is 0 Å². The summed E-state index contributed by atoms with van der Waals surface area (Å²) in [4.78, 5) is 15.2. The summed E-state index contributed by atoms with van der Waals surface area (Å²) in [5, 5.41) is 9.85. The van der Waals surface area contributed by atoms with Gasteiger partial charge in [0.15, 0.2) is 0 Å². The molecule has 0 spiro atoms. The Morgan fingerprint density at radius 3 is 2.22 bits per heavy atom.